The summed E-state index contributed by atoms with van der Waals surface area (Å²) in [7, 11) is 0. The predicted molar refractivity (Wildman–Crippen MR) is 152 cm³/mol. The summed E-state index contributed by atoms with van der Waals surface area (Å²) in [4.78, 5) is 54.3. The van der Waals surface area contributed by atoms with E-state index in [4.69, 9.17) is 0 Å². The molecule has 2 N–H and O–H groups in total. The summed E-state index contributed by atoms with van der Waals surface area (Å²) in [5, 5.41) is 5.96. The van der Waals surface area contributed by atoms with E-state index in [0.717, 1.165) is 24.2 Å². The van der Waals surface area contributed by atoms with Crippen LogP contribution < -0.4 is 20.4 Å². The van der Waals surface area contributed by atoms with Crippen molar-refractivity contribution in [1.82, 2.24) is 10.6 Å². The summed E-state index contributed by atoms with van der Waals surface area (Å²) in [5.41, 5.74) is 3.64. The van der Waals surface area contributed by atoms with Crippen LogP contribution in [0.2, 0.25) is 0 Å². The zero-order chi connectivity index (χ0) is 28.2. The van der Waals surface area contributed by atoms with Crippen LogP contribution in [0.3, 0.4) is 0 Å². The van der Waals surface area contributed by atoms with Gasteiger partial charge in [-0.1, -0.05) is 52.0 Å². The fourth-order valence-corrected chi connectivity index (χ4v) is 5.09. The summed E-state index contributed by atoms with van der Waals surface area (Å²) >= 11 is 0. The maximum Gasteiger partial charge on any atom is 0.227 e. The van der Waals surface area contributed by atoms with E-state index in [2.05, 4.69) is 24.5 Å². The lowest BCUT2D eigenvalue weighted by Gasteiger charge is -2.27. The highest BCUT2D eigenvalue weighted by molar-refractivity contribution is 6.01. The molecule has 0 radical (unpaired) electrons. The average Bonchev–Trinajstić information content (AvgIpc) is 3.53. The van der Waals surface area contributed by atoms with E-state index in [9.17, 15) is 19.2 Å². The van der Waals surface area contributed by atoms with Crippen molar-refractivity contribution in [2.24, 2.45) is 17.3 Å². The number of anilines is 2. The van der Waals surface area contributed by atoms with Crippen molar-refractivity contribution < 1.29 is 19.2 Å². The van der Waals surface area contributed by atoms with Crippen LogP contribution in [-0.2, 0) is 32.0 Å². The van der Waals surface area contributed by atoms with Crippen LogP contribution in [0.5, 0.6) is 0 Å². The minimum Gasteiger partial charge on any atom is -0.355 e. The number of aryl methyl sites for hydroxylation is 2. The molecule has 0 saturated carbocycles. The number of nitrogens with one attached hydrogen (secondary N) is 2. The van der Waals surface area contributed by atoms with Crippen LogP contribution in [-0.4, -0.2) is 49.8 Å². The van der Waals surface area contributed by atoms with E-state index in [-0.39, 0.29) is 36.5 Å². The van der Waals surface area contributed by atoms with Crippen molar-refractivity contribution in [3.63, 3.8) is 0 Å². The quantitative estimate of drug-likeness (QED) is 0.490. The highest BCUT2D eigenvalue weighted by Gasteiger charge is 2.37. The highest BCUT2D eigenvalue weighted by Crippen LogP contribution is 2.27. The molecule has 2 aliphatic rings. The molecule has 2 saturated heterocycles. The van der Waals surface area contributed by atoms with Gasteiger partial charge in [0, 0.05) is 50.4 Å². The van der Waals surface area contributed by atoms with Gasteiger partial charge in [-0.15, -0.1) is 0 Å². The number of hydrogen-bond donors (Lipinski definition) is 2. The number of rotatable bonds is 10. The number of nitrogens with zero attached hydrogens (tertiary/aromatic N) is 2. The first-order chi connectivity index (χ1) is 18.6. The molecule has 4 amide bonds. The summed E-state index contributed by atoms with van der Waals surface area (Å²) in [6, 6.07) is 15.8. The number of carbonyl (C=O) groups is 4. The van der Waals surface area contributed by atoms with E-state index in [1.54, 1.807) is 9.80 Å². The van der Waals surface area contributed by atoms with Crippen LogP contribution >= 0.6 is 0 Å². The molecule has 39 heavy (non-hydrogen) atoms. The molecule has 0 aliphatic carbocycles. The Morgan fingerprint density at radius 3 is 1.41 bits per heavy atom. The van der Waals surface area contributed by atoms with Crippen LogP contribution in [0.1, 0.15) is 51.7 Å². The van der Waals surface area contributed by atoms with E-state index in [1.807, 2.05) is 62.4 Å². The van der Waals surface area contributed by atoms with Gasteiger partial charge in [-0.2, -0.15) is 0 Å². The standard InChI is InChI=1S/C31H40N4O4/c1-5-21-7-11-25(12-8-21)34-17-23(15-27(34)36)29(38)32-19-31(3,4)20-33-30(39)24-16-28(37)35(18-24)26-13-9-22(6-2)10-14-26/h7-14,23-24H,5-6,15-20H2,1-4H3,(H,32,38)(H,33,39)/t23-,24-/m0/s1. The molecule has 2 fully saturated rings. The van der Waals surface area contributed by atoms with Gasteiger partial charge in [0.15, 0.2) is 0 Å². The molecule has 8 nitrogen and oxygen atoms in total. The van der Waals surface area contributed by atoms with Gasteiger partial charge in [-0.3, -0.25) is 19.2 Å². The van der Waals surface area contributed by atoms with Crippen molar-refractivity contribution in [2.75, 3.05) is 36.0 Å². The second-order valence-electron chi connectivity index (χ2n) is 11.5. The molecule has 2 aromatic rings. The van der Waals surface area contributed by atoms with Crippen molar-refractivity contribution in [3.05, 3.63) is 59.7 Å². The third-order valence-corrected chi connectivity index (χ3v) is 7.79. The van der Waals surface area contributed by atoms with Crippen LogP contribution in [0, 0.1) is 17.3 Å². The molecule has 8 heteroatoms. The Bertz CT molecular complexity index is 1110. The molecule has 0 unspecified atom stereocenters. The summed E-state index contributed by atoms with van der Waals surface area (Å²) < 4.78 is 0. The molecule has 2 aromatic carbocycles. The average molecular weight is 533 g/mol. The fraction of sp³-hybridized carbons (Fsp3) is 0.484. The van der Waals surface area contributed by atoms with Crippen molar-refractivity contribution in [1.29, 1.82) is 0 Å². The van der Waals surface area contributed by atoms with Gasteiger partial charge < -0.3 is 20.4 Å². The minimum atomic E-state index is -0.407. The second kappa shape index (κ2) is 12.0. The zero-order valence-electron chi connectivity index (χ0n) is 23.5. The predicted octanol–water partition coefficient (Wildman–Crippen LogP) is 3.48. The van der Waals surface area contributed by atoms with E-state index in [1.165, 1.54) is 11.1 Å². The maximum absolute atomic E-state index is 12.9. The Kier molecular flexibility index (Phi) is 8.73. The third-order valence-electron chi connectivity index (χ3n) is 7.79. The number of hydrogen-bond acceptors (Lipinski definition) is 4. The van der Waals surface area contributed by atoms with Gasteiger partial charge in [0.1, 0.15) is 0 Å². The lowest BCUT2D eigenvalue weighted by molar-refractivity contribution is -0.127. The smallest absolute Gasteiger partial charge is 0.227 e. The van der Waals surface area contributed by atoms with Gasteiger partial charge in [0.25, 0.3) is 0 Å². The molecule has 2 aliphatic heterocycles. The first kappa shape index (κ1) is 28.3. The van der Waals surface area contributed by atoms with E-state index in [0.29, 0.717) is 26.2 Å². The van der Waals surface area contributed by atoms with Crippen molar-refractivity contribution in [2.45, 2.75) is 53.4 Å². The monoisotopic (exact) mass is 532 g/mol. The third kappa shape index (κ3) is 6.85. The lowest BCUT2D eigenvalue weighted by Crippen LogP contribution is -2.45. The van der Waals surface area contributed by atoms with Crippen LogP contribution in [0.25, 0.3) is 0 Å². The summed E-state index contributed by atoms with van der Waals surface area (Å²) in [6.45, 7) is 9.55. The lowest BCUT2D eigenvalue weighted by atomic mass is 9.92. The van der Waals surface area contributed by atoms with Crippen molar-refractivity contribution in [3.8, 4) is 0 Å². The molecule has 0 spiro atoms. The molecular formula is C31H40N4O4. The number of carbonyl (C=O) groups excluding carboxylic acids is 4. The zero-order valence-corrected chi connectivity index (χ0v) is 23.5. The first-order valence-electron chi connectivity index (χ1n) is 13.9. The van der Waals surface area contributed by atoms with Gasteiger partial charge in [-0.05, 0) is 53.6 Å². The Labute approximate surface area is 231 Å². The SMILES string of the molecule is CCc1ccc(N2C[C@@H](C(=O)NCC(C)(C)CNC(=O)[C@H]3CC(=O)N(c4ccc(CC)cc4)C3)CC2=O)cc1. The molecular weight excluding hydrogens is 492 g/mol. The van der Waals surface area contributed by atoms with E-state index >= 15 is 0 Å². The Morgan fingerprint density at radius 2 is 1.08 bits per heavy atom. The number of amides is 4. The largest absolute Gasteiger partial charge is 0.355 e. The van der Waals surface area contributed by atoms with Crippen LogP contribution in [0.4, 0.5) is 11.4 Å². The van der Waals surface area contributed by atoms with Gasteiger partial charge in [0.05, 0.1) is 11.8 Å². The molecule has 0 aromatic heterocycles. The molecule has 0 bridgehead atoms. The molecule has 4 rings (SSSR count). The minimum absolute atomic E-state index is 0.0487. The normalized spacial score (nSPS) is 19.5. The van der Waals surface area contributed by atoms with E-state index < -0.39 is 17.3 Å². The fourth-order valence-electron chi connectivity index (χ4n) is 5.09. The first-order valence-corrected chi connectivity index (χ1v) is 13.9. The molecule has 2 atom stereocenters. The van der Waals surface area contributed by atoms with Gasteiger partial charge >= 0.3 is 0 Å². The van der Waals surface area contributed by atoms with Crippen molar-refractivity contribution >= 4 is 35.0 Å². The number of benzene rings is 2. The second-order valence-corrected chi connectivity index (χ2v) is 11.5. The Balaban J connectivity index is 1.23. The molecule has 2 heterocycles. The molecule has 208 valence electrons. The highest BCUT2D eigenvalue weighted by atomic mass is 16.2. The summed E-state index contributed by atoms with van der Waals surface area (Å²) in [5.74, 6) is -1.21. The topological polar surface area (TPSA) is 98.8 Å². The van der Waals surface area contributed by atoms with Gasteiger partial charge in [-0.25, -0.2) is 0 Å². The Morgan fingerprint density at radius 1 is 0.718 bits per heavy atom. The van der Waals surface area contributed by atoms with Gasteiger partial charge in [0.2, 0.25) is 23.6 Å². The van der Waals surface area contributed by atoms with Crippen LogP contribution in [0.15, 0.2) is 48.5 Å². The summed E-state index contributed by atoms with van der Waals surface area (Å²) in [6.07, 6.45) is 2.23. The maximum atomic E-state index is 12.9. The Hall–Kier alpha value is -3.68.